The maximum absolute atomic E-state index is 10.7. The van der Waals surface area contributed by atoms with Crippen LogP contribution in [-0.4, -0.2) is 39.5 Å². The molecule has 1 aliphatic heterocycles. The number of cyclic esters (lactones) is 1. The van der Waals surface area contributed by atoms with E-state index in [2.05, 4.69) is 0 Å². The molecule has 1 saturated heterocycles. The lowest BCUT2D eigenvalue weighted by Gasteiger charge is -2.33. The highest BCUT2D eigenvalue weighted by atomic mass is 16.6. The van der Waals surface area contributed by atoms with Gasteiger partial charge < -0.3 is 14.2 Å². The number of methoxy groups -OCH3 is 2. The molecule has 0 aromatic rings. The summed E-state index contributed by atoms with van der Waals surface area (Å²) in [7, 11) is 3.14. The van der Waals surface area contributed by atoms with Gasteiger partial charge in [0.05, 0.1) is 13.2 Å². The van der Waals surface area contributed by atoms with E-state index in [9.17, 15) is 4.79 Å². The quantitative estimate of drug-likeness (QED) is 0.535. The van der Waals surface area contributed by atoms with Crippen molar-refractivity contribution < 1.29 is 19.0 Å². The average molecular weight is 160 g/mol. The normalized spacial score (nSPS) is 29.5. The van der Waals surface area contributed by atoms with Crippen LogP contribution in [-0.2, 0) is 19.0 Å². The number of ether oxygens (including phenoxy) is 3. The molecule has 0 spiro atoms. The molecule has 0 aromatic heterocycles. The minimum absolute atomic E-state index is 0.104. The lowest BCUT2D eigenvalue weighted by molar-refractivity contribution is -0.195. The van der Waals surface area contributed by atoms with Crippen LogP contribution in [0.3, 0.4) is 0 Å². The Morgan fingerprint density at radius 1 is 1.36 bits per heavy atom. The topological polar surface area (TPSA) is 44.8 Å². The van der Waals surface area contributed by atoms with Gasteiger partial charge in [0.25, 0.3) is 0 Å². The molecule has 64 valence electrons. The number of hydrogen-bond donors (Lipinski definition) is 0. The minimum Gasteiger partial charge on any atom is -0.459 e. The molecule has 1 unspecified atom stereocenters. The van der Waals surface area contributed by atoms with Gasteiger partial charge in [0.1, 0.15) is 12.0 Å². The summed E-state index contributed by atoms with van der Waals surface area (Å²) in [5.74, 6) is -0.311. The zero-order valence-electron chi connectivity index (χ0n) is 6.70. The van der Waals surface area contributed by atoms with Crippen molar-refractivity contribution in [2.75, 3.05) is 27.4 Å². The van der Waals surface area contributed by atoms with E-state index in [1.165, 1.54) is 0 Å². The molecule has 4 nitrogen and oxygen atoms in total. The summed E-state index contributed by atoms with van der Waals surface area (Å²) in [5, 5.41) is 0. The predicted octanol–water partition coefficient (Wildman–Crippen LogP) is -0.179. The van der Waals surface area contributed by atoms with Gasteiger partial charge >= 0.3 is 5.97 Å². The van der Waals surface area contributed by atoms with E-state index < -0.39 is 0 Å². The highest BCUT2D eigenvalue weighted by Crippen LogP contribution is 2.22. The molecule has 0 saturated carbocycles. The van der Waals surface area contributed by atoms with Gasteiger partial charge in [-0.3, -0.25) is 4.79 Å². The number of carbonyl (C=O) groups is 1. The van der Waals surface area contributed by atoms with E-state index in [0.29, 0.717) is 13.2 Å². The fourth-order valence-electron chi connectivity index (χ4n) is 1.07. The molecular formula is C7H12O4. The summed E-state index contributed by atoms with van der Waals surface area (Å²) >= 11 is 0. The zero-order valence-corrected chi connectivity index (χ0v) is 6.70. The van der Waals surface area contributed by atoms with Crippen LogP contribution in [0.2, 0.25) is 0 Å². The average Bonchev–Trinajstić information content (AvgIpc) is 2.00. The SMILES string of the molecule is COCC1OC(=O)[C@H]1COC. The number of rotatable bonds is 4. The molecule has 0 aliphatic carbocycles. The van der Waals surface area contributed by atoms with Gasteiger partial charge in [-0.2, -0.15) is 0 Å². The monoisotopic (exact) mass is 160 g/mol. The van der Waals surface area contributed by atoms with E-state index in [1.807, 2.05) is 0 Å². The zero-order chi connectivity index (χ0) is 8.27. The van der Waals surface area contributed by atoms with Crippen molar-refractivity contribution in [1.82, 2.24) is 0 Å². The lowest BCUT2D eigenvalue weighted by atomic mass is 9.99. The lowest BCUT2D eigenvalue weighted by Crippen LogP contribution is -2.49. The second-order valence-corrected chi connectivity index (χ2v) is 2.49. The summed E-state index contributed by atoms with van der Waals surface area (Å²) in [4.78, 5) is 10.7. The van der Waals surface area contributed by atoms with E-state index >= 15 is 0 Å². The van der Waals surface area contributed by atoms with E-state index in [-0.39, 0.29) is 18.0 Å². The van der Waals surface area contributed by atoms with Crippen LogP contribution < -0.4 is 0 Å². The van der Waals surface area contributed by atoms with Gasteiger partial charge in [0.2, 0.25) is 0 Å². The molecule has 1 heterocycles. The Bertz CT molecular complexity index is 145. The molecule has 0 radical (unpaired) electrons. The first kappa shape index (κ1) is 8.49. The number of hydrogen-bond acceptors (Lipinski definition) is 4. The van der Waals surface area contributed by atoms with Crippen LogP contribution in [0.25, 0.3) is 0 Å². The summed E-state index contributed by atoms with van der Waals surface area (Å²) in [5.41, 5.74) is 0. The van der Waals surface area contributed by atoms with Crippen LogP contribution in [0.5, 0.6) is 0 Å². The summed E-state index contributed by atoms with van der Waals surface area (Å²) in [6.07, 6.45) is -0.104. The van der Waals surface area contributed by atoms with Crippen LogP contribution in [0, 0.1) is 5.92 Å². The smallest absolute Gasteiger partial charge is 0.315 e. The van der Waals surface area contributed by atoms with Crippen LogP contribution >= 0.6 is 0 Å². The molecule has 0 amide bonds. The van der Waals surface area contributed by atoms with Crippen LogP contribution in [0.4, 0.5) is 0 Å². The Morgan fingerprint density at radius 3 is 2.45 bits per heavy atom. The van der Waals surface area contributed by atoms with Crippen LogP contribution in [0.1, 0.15) is 0 Å². The van der Waals surface area contributed by atoms with Crippen molar-refractivity contribution in [3.05, 3.63) is 0 Å². The molecule has 0 bridgehead atoms. The largest absolute Gasteiger partial charge is 0.459 e. The van der Waals surface area contributed by atoms with Crippen LogP contribution in [0.15, 0.2) is 0 Å². The number of esters is 1. The third kappa shape index (κ3) is 1.70. The fourth-order valence-corrected chi connectivity index (χ4v) is 1.07. The molecule has 0 N–H and O–H groups in total. The van der Waals surface area contributed by atoms with E-state index in [4.69, 9.17) is 14.2 Å². The Balaban J connectivity index is 2.29. The molecule has 4 heteroatoms. The molecule has 1 aliphatic rings. The van der Waals surface area contributed by atoms with Gasteiger partial charge in [-0.15, -0.1) is 0 Å². The summed E-state index contributed by atoms with van der Waals surface area (Å²) in [6, 6.07) is 0. The van der Waals surface area contributed by atoms with E-state index in [0.717, 1.165) is 0 Å². The van der Waals surface area contributed by atoms with Gasteiger partial charge in [-0.05, 0) is 0 Å². The molecule has 2 atom stereocenters. The first-order chi connectivity index (χ1) is 5.29. The molecule has 1 fully saturated rings. The molecular weight excluding hydrogens is 148 g/mol. The van der Waals surface area contributed by atoms with Gasteiger partial charge in [-0.25, -0.2) is 0 Å². The second-order valence-electron chi connectivity index (χ2n) is 2.49. The molecule has 0 aromatic carbocycles. The van der Waals surface area contributed by atoms with Crippen molar-refractivity contribution in [2.45, 2.75) is 6.10 Å². The van der Waals surface area contributed by atoms with Crippen molar-refractivity contribution >= 4 is 5.97 Å². The predicted molar refractivity (Wildman–Crippen MR) is 37.1 cm³/mol. The third-order valence-corrected chi connectivity index (χ3v) is 1.70. The van der Waals surface area contributed by atoms with Crippen molar-refractivity contribution in [2.24, 2.45) is 5.92 Å². The standard InChI is InChI=1S/C7H12O4/c1-9-3-5-6(4-10-2)11-7(5)8/h5-6H,3-4H2,1-2H3/t5-,6?/m0/s1. The summed E-state index contributed by atoms with van der Waals surface area (Å²) in [6.45, 7) is 0.882. The second kappa shape index (κ2) is 3.69. The highest BCUT2D eigenvalue weighted by Gasteiger charge is 2.42. The Morgan fingerprint density at radius 2 is 2.00 bits per heavy atom. The van der Waals surface area contributed by atoms with Gasteiger partial charge in [0.15, 0.2) is 0 Å². The van der Waals surface area contributed by atoms with E-state index in [1.54, 1.807) is 14.2 Å². The number of carbonyl (C=O) groups excluding carboxylic acids is 1. The third-order valence-electron chi connectivity index (χ3n) is 1.70. The Labute approximate surface area is 65.4 Å². The summed E-state index contributed by atoms with van der Waals surface area (Å²) < 4.78 is 14.5. The maximum Gasteiger partial charge on any atom is 0.315 e. The van der Waals surface area contributed by atoms with Gasteiger partial charge in [0, 0.05) is 14.2 Å². The molecule has 11 heavy (non-hydrogen) atoms. The maximum atomic E-state index is 10.7. The first-order valence-electron chi connectivity index (χ1n) is 3.48. The van der Waals surface area contributed by atoms with Crippen molar-refractivity contribution in [1.29, 1.82) is 0 Å². The van der Waals surface area contributed by atoms with Gasteiger partial charge in [-0.1, -0.05) is 0 Å². The highest BCUT2D eigenvalue weighted by molar-refractivity contribution is 5.78. The minimum atomic E-state index is -0.186. The fraction of sp³-hybridized carbons (Fsp3) is 0.857. The Kier molecular flexibility index (Phi) is 2.84. The first-order valence-corrected chi connectivity index (χ1v) is 3.48. The molecule has 1 rings (SSSR count). The van der Waals surface area contributed by atoms with Crippen molar-refractivity contribution in [3.63, 3.8) is 0 Å². The Hall–Kier alpha value is -0.610. The van der Waals surface area contributed by atoms with Crippen molar-refractivity contribution in [3.8, 4) is 0 Å².